The number of aryl methyl sites for hydroxylation is 1. The third kappa shape index (κ3) is 2.34. The van der Waals surface area contributed by atoms with Gasteiger partial charge in [-0.3, -0.25) is 4.31 Å². The Morgan fingerprint density at radius 3 is 2.75 bits per heavy atom. The highest BCUT2D eigenvalue weighted by atomic mass is 79.9. The summed E-state index contributed by atoms with van der Waals surface area (Å²) in [5.41, 5.74) is 8.13. The Morgan fingerprint density at radius 2 is 2.05 bits per heavy atom. The molecule has 1 aromatic heterocycles. The molecule has 0 amide bonds. The predicted molar refractivity (Wildman–Crippen MR) is 85.7 cm³/mol. The summed E-state index contributed by atoms with van der Waals surface area (Å²) < 4.78 is 28.1. The van der Waals surface area contributed by atoms with Crippen molar-refractivity contribution in [3.8, 4) is 0 Å². The standard InChI is InChI=1S/C13H13BrN2O2S2/c14-12-5-6-13(19-12)20(17,18)16-7-1-2-9-3-4-10(15)8-11(9)16/h3-6,8H,1-2,7,15H2. The molecule has 2 aromatic rings. The van der Waals surface area contributed by atoms with Crippen LogP contribution >= 0.6 is 27.3 Å². The van der Waals surface area contributed by atoms with Crippen LogP contribution in [0, 0.1) is 0 Å². The molecule has 2 heterocycles. The Labute approximate surface area is 130 Å². The summed E-state index contributed by atoms with van der Waals surface area (Å²) in [5, 5.41) is 0. The van der Waals surface area contributed by atoms with Gasteiger partial charge in [-0.25, -0.2) is 8.42 Å². The van der Waals surface area contributed by atoms with E-state index in [2.05, 4.69) is 15.9 Å². The first-order valence-corrected chi connectivity index (χ1v) is 9.20. The smallest absolute Gasteiger partial charge is 0.273 e. The van der Waals surface area contributed by atoms with Crippen molar-refractivity contribution >= 4 is 48.7 Å². The van der Waals surface area contributed by atoms with E-state index < -0.39 is 10.0 Å². The van der Waals surface area contributed by atoms with Crippen LogP contribution in [-0.2, 0) is 16.4 Å². The van der Waals surface area contributed by atoms with Gasteiger partial charge in [0.1, 0.15) is 4.21 Å². The van der Waals surface area contributed by atoms with Gasteiger partial charge < -0.3 is 5.73 Å². The molecule has 1 aliphatic heterocycles. The number of benzene rings is 1. The van der Waals surface area contributed by atoms with E-state index in [1.54, 1.807) is 18.2 Å². The van der Waals surface area contributed by atoms with Gasteiger partial charge in [0.05, 0.1) is 9.47 Å². The van der Waals surface area contributed by atoms with Crippen LogP contribution < -0.4 is 10.0 Å². The third-order valence-electron chi connectivity index (χ3n) is 3.28. The van der Waals surface area contributed by atoms with Crippen LogP contribution in [0.4, 0.5) is 11.4 Å². The minimum absolute atomic E-state index is 0.347. The predicted octanol–water partition coefficient (Wildman–Crippen LogP) is 3.23. The minimum atomic E-state index is -3.51. The number of fused-ring (bicyclic) bond motifs is 1. The number of nitrogens with zero attached hydrogens (tertiary/aromatic N) is 1. The summed E-state index contributed by atoms with van der Waals surface area (Å²) in [6, 6.07) is 8.86. The van der Waals surface area contributed by atoms with Gasteiger partial charge in [-0.2, -0.15) is 0 Å². The first-order chi connectivity index (χ1) is 9.48. The SMILES string of the molecule is Nc1ccc2c(c1)N(S(=O)(=O)c1ccc(Br)s1)CCC2. The highest BCUT2D eigenvalue weighted by Gasteiger charge is 2.30. The molecule has 4 nitrogen and oxygen atoms in total. The van der Waals surface area contributed by atoms with Crippen molar-refractivity contribution in [3.63, 3.8) is 0 Å². The molecule has 0 aliphatic carbocycles. The molecule has 20 heavy (non-hydrogen) atoms. The Hall–Kier alpha value is -1.05. The van der Waals surface area contributed by atoms with Crippen molar-refractivity contribution in [2.45, 2.75) is 17.1 Å². The van der Waals surface area contributed by atoms with Gasteiger partial charge in [0.25, 0.3) is 10.0 Å². The zero-order chi connectivity index (χ0) is 14.3. The quantitative estimate of drug-likeness (QED) is 0.822. The van der Waals surface area contributed by atoms with Crippen LogP contribution in [0.25, 0.3) is 0 Å². The van der Waals surface area contributed by atoms with E-state index in [0.29, 0.717) is 22.1 Å². The largest absolute Gasteiger partial charge is 0.399 e. The van der Waals surface area contributed by atoms with E-state index in [1.165, 1.54) is 15.6 Å². The van der Waals surface area contributed by atoms with Gasteiger partial charge in [-0.05, 0) is 58.6 Å². The lowest BCUT2D eigenvalue weighted by Crippen LogP contribution is -2.35. The average Bonchev–Trinajstić information content (AvgIpc) is 2.85. The molecule has 3 rings (SSSR count). The van der Waals surface area contributed by atoms with Crippen molar-refractivity contribution in [2.75, 3.05) is 16.6 Å². The first-order valence-electron chi connectivity index (χ1n) is 6.15. The molecular formula is C13H13BrN2O2S2. The van der Waals surface area contributed by atoms with Crippen molar-refractivity contribution < 1.29 is 8.42 Å². The van der Waals surface area contributed by atoms with Crippen LogP contribution in [0.1, 0.15) is 12.0 Å². The van der Waals surface area contributed by atoms with Crippen LogP contribution in [0.15, 0.2) is 38.3 Å². The third-order valence-corrected chi connectivity index (χ3v) is 7.18. The molecule has 0 bridgehead atoms. The summed E-state index contributed by atoms with van der Waals surface area (Å²) >= 11 is 4.53. The van der Waals surface area contributed by atoms with Crippen LogP contribution in [0.5, 0.6) is 0 Å². The topological polar surface area (TPSA) is 63.4 Å². The lowest BCUT2D eigenvalue weighted by molar-refractivity contribution is 0.588. The molecular weight excluding hydrogens is 360 g/mol. The van der Waals surface area contributed by atoms with Crippen LogP contribution in [-0.4, -0.2) is 15.0 Å². The maximum absolute atomic E-state index is 12.7. The normalized spacial score (nSPS) is 15.2. The fourth-order valence-electron chi connectivity index (χ4n) is 2.35. The number of hydrogen-bond donors (Lipinski definition) is 1. The monoisotopic (exact) mass is 372 g/mol. The molecule has 0 spiro atoms. The second-order valence-corrected chi connectivity index (χ2v) is 9.18. The maximum atomic E-state index is 12.7. The molecule has 1 aliphatic rings. The Morgan fingerprint density at radius 1 is 1.25 bits per heavy atom. The number of sulfonamides is 1. The lowest BCUT2D eigenvalue weighted by Gasteiger charge is -2.30. The van der Waals surface area contributed by atoms with E-state index in [-0.39, 0.29) is 0 Å². The summed E-state index contributed by atoms with van der Waals surface area (Å²) in [5.74, 6) is 0. The van der Waals surface area contributed by atoms with E-state index in [4.69, 9.17) is 5.73 Å². The lowest BCUT2D eigenvalue weighted by atomic mass is 10.0. The maximum Gasteiger partial charge on any atom is 0.273 e. The highest BCUT2D eigenvalue weighted by molar-refractivity contribution is 9.11. The number of anilines is 2. The summed E-state index contributed by atoms with van der Waals surface area (Å²) in [6.07, 6.45) is 1.71. The van der Waals surface area contributed by atoms with Gasteiger partial charge >= 0.3 is 0 Å². The molecule has 1 aromatic carbocycles. The molecule has 2 N–H and O–H groups in total. The zero-order valence-electron chi connectivity index (χ0n) is 10.5. The molecule has 0 atom stereocenters. The number of nitrogens with two attached hydrogens (primary N) is 1. The number of thiophene rings is 1. The van der Waals surface area contributed by atoms with Crippen molar-refractivity contribution in [1.29, 1.82) is 0 Å². The number of halogens is 1. The van der Waals surface area contributed by atoms with Crippen molar-refractivity contribution in [3.05, 3.63) is 39.7 Å². The second-order valence-electron chi connectivity index (χ2n) is 4.63. The summed E-state index contributed by atoms with van der Waals surface area (Å²) in [4.78, 5) is 0. The molecule has 0 saturated heterocycles. The molecule has 0 saturated carbocycles. The summed E-state index contributed by atoms with van der Waals surface area (Å²) in [6.45, 7) is 0.494. The van der Waals surface area contributed by atoms with E-state index in [1.807, 2.05) is 12.1 Å². The number of rotatable bonds is 2. The minimum Gasteiger partial charge on any atom is -0.399 e. The van der Waals surface area contributed by atoms with Gasteiger partial charge in [-0.1, -0.05) is 6.07 Å². The molecule has 0 fully saturated rings. The Kier molecular flexibility index (Phi) is 3.51. The van der Waals surface area contributed by atoms with Gasteiger partial charge in [-0.15, -0.1) is 11.3 Å². The van der Waals surface area contributed by atoms with Gasteiger partial charge in [0.15, 0.2) is 0 Å². The zero-order valence-corrected chi connectivity index (χ0v) is 13.8. The van der Waals surface area contributed by atoms with Crippen molar-refractivity contribution in [1.82, 2.24) is 0 Å². The Bertz CT molecular complexity index is 755. The number of nitrogen functional groups attached to an aromatic ring is 1. The van der Waals surface area contributed by atoms with Crippen LogP contribution in [0.2, 0.25) is 0 Å². The number of hydrogen-bond acceptors (Lipinski definition) is 4. The first kappa shape index (κ1) is 13.9. The molecule has 0 radical (unpaired) electrons. The Balaban J connectivity index is 2.10. The second kappa shape index (κ2) is 5.05. The highest BCUT2D eigenvalue weighted by Crippen LogP contribution is 2.36. The molecule has 0 unspecified atom stereocenters. The van der Waals surface area contributed by atoms with Gasteiger partial charge in [0.2, 0.25) is 0 Å². The van der Waals surface area contributed by atoms with E-state index in [0.717, 1.165) is 22.2 Å². The van der Waals surface area contributed by atoms with E-state index >= 15 is 0 Å². The fraction of sp³-hybridized carbons (Fsp3) is 0.231. The molecule has 106 valence electrons. The van der Waals surface area contributed by atoms with Crippen molar-refractivity contribution in [2.24, 2.45) is 0 Å². The molecule has 7 heteroatoms. The summed E-state index contributed by atoms with van der Waals surface area (Å²) in [7, 11) is -3.51. The van der Waals surface area contributed by atoms with Crippen LogP contribution in [0.3, 0.4) is 0 Å². The van der Waals surface area contributed by atoms with E-state index in [9.17, 15) is 8.42 Å². The fourth-order valence-corrected chi connectivity index (χ4v) is 6.01. The van der Waals surface area contributed by atoms with Gasteiger partial charge in [0, 0.05) is 12.2 Å². The average molecular weight is 373 g/mol.